The second-order valence-electron chi connectivity index (χ2n) is 6.07. The number of fused-ring (bicyclic) bond motifs is 1. The van der Waals surface area contributed by atoms with Crippen LogP contribution < -0.4 is 0 Å². The molecule has 4 aromatic rings. The SMILES string of the molecule is COC(OC)c1nc(-c2cccc(C)n2)c(-c2ccc3nccnc3c2)[nH]1. The third-order valence-electron chi connectivity index (χ3n) is 4.26. The number of nitrogens with zero attached hydrogens (tertiary/aromatic N) is 4. The molecule has 3 aromatic heterocycles. The minimum atomic E-state index is -0.595. The van der Waals surface area contributed by atoms with Crippen LogP contribution in [0.2, 0.25) is 0 Å². The lowest BCUT2D eigenvalue weighted by Crippen LogP contribution is -2.05. The lowest BCUT2D eigenvalue weighted by atomic mass is 10.1. The molecule has 0 fully saturated rings. The van der Waals surface area contributed by atoms with Crippen molar-refractivity contribution in [3.8, 4) is 22.6 Å². The molecule has 136 valence electrons. The zero-order chi connectivity index (χ0) is 18.8. The first kappa shape index (κ1) is 17.3. The third kappa shape index (κ3) is 3.30. The number of nitrogens with one attached hydrogen (secondary N) is 1. The summed E-state index contributed by atoms with van der Waals surface area (Å²) >= 11 is 0. The highest BCUT2D eigenvalue weighted by Crippen LogP contribution is 2.32. The number of benzene rings is 1. The lowest BCUT2D eigenvalue weighted by Gasteiger charge is -2.09. The van der Waals surface area contributed by atoms with Gasteiger partial charge in [0, 0.05) is 37.9 Å². The Labute approximate surface area is 156 Å². The average Bonchev–Trinajstić information content (AvgIpc) is 3.14. The zero-order valence-corrected chi connectivity index (χ0v) is 15.3. The van der Waals surface area contributed by atoms with E-state index in [2.05, 4.69) is 19.9 Å². The van der Waals surface area contributed by atoms with Crippen molar-refractivity contribution in [3.63, 3.8) is 0 Å². The van der Waals surface area contributed by atoms with Gasteiger partial charge in [0.25, 0.3) is 0 Å². The summed E-state index contributed by atoms with van der Waals surface area (Å²) in [5, 5.41) is 0. The van der Waals surface area contributed by atoms with Crippen molar-refractivity contribution in [2.24, 2.45) is 0 Å². The van der Waals surface area contributed by atoms with Crippen molar-refractivity contribution >= 4 is 11.0 Å². The molecule has 0 radical (unpaired) electrons. The molecule has 7 nitrogen and oxygen atoms in total. The standard InChI is InChI=1S/C20H19N5O2/c1-12-5-4-6-15(23-12)18-17(24-19(25-18)20(26-2)27-3)13-7-8-14-16(11-13)22-10-9-21-14/h4-11,20H,1-3H3,(H,24,25). The van der Waals surface area contributed by atoms with Crippen LogP contribution in [0.1, 0.15) is 17.8 Å². The smallest absolute Gasteiger partial charge is 0.216 e. The van der Waals surface area contributed by atoms with E-state index in [1.807, 2.05) is 43.3 Å². The van der Waals surface area contributed by atoms with E-state index < -0.39 is 6.29 Å². The average molecular weight is 361 g/mol. The number of hydrogen-bond acceptors (Lipinski definition) is 6. The summed E-state index contributed by atoms with van der Waals surface area (Å²) in [5.41, 5.74) is 5.84. The van der Waals surface area contributed by atoms with Gasteiger partial charge < -0.3 is 14.5 Å². The summed E-state index contributed by atoms with van der Waals surface area (Å²) in [6, 6.07) is 11.8. The van der Waals surface area contributed by atoms with Crippen molar-refractivity contribution in [1.82, 2.24) is 24.9 Å². The Morgan fingerprint density at radius 3 is 2.44 bits per heavy atom. The number of aromatic amines is 1. The van der Waals surface area contributed by atoms with Gasteiger partial charge >= 0.3 is 0 Å². The van der Waals surface area contributed by atoms with Crippen LogP contribution in [0.25, 0.3) is 33.7 Å². The van der Waals surface area contributed by atoms with Crippen LogP contribution in [-0.2, 0) is 9.47 Å². The molecule has 0 amide bonds. The molecule has 0 unspecified atom stereocenters. The molecule has 7 heteroatoms. The van der Waals surface area contributed by atoms with Gasteiger partial charge in [0.15, 0.2) is 5.82 Å². The van der Waals surface area contributed by atoms with Crippen molar-refractivity contribution in [1.29, 1.82) is 0 Å². The zero-order valence-electron chi connectivity index (χ0n) is 15.3. The molecule has 0 aliphatic heterocycles. The Balaban J connectivity index is 1.91. The number of ether oxygens (including phenoxy) is 2. The highest BCUT2D eigenvalue weighted by Gasteiger charge is 2.21. The molecular formula is C20H19N5O2. The fraction of sp³-hybridized carbons (Fsp3) is 0.200. The number of aromatic nitrogens is 5. The molecule has 3 heterocycles. The molecule has 1 N–H and O–H groups in total. The fourth-order valence-corrected chi connectivity index (χ4v) is 3.01. The van der Waals surface area contributed by atoms with E-state index >= 15 is 0 Å². The van der Waals surface area contributed by atoms with E-state index in [0.29, 0.717) is 5.82 Å². The topological polar surface area (TPSA) is 85.8 Å². The number of aryl methyl sites for hydroxylation is 1. The first-order valence-corrected chi connectivity index (χ1v) is 8.50. The molecule has 0 atom stereocenters. The van der Waals surface area contributed by atoms with Gasteiger partial charge in [-0.1, -0.05) is 12.1 Å². The highest BCUT2D eigenvalue weighted by atomic mass is 16.7. The predicted octanol–water partition coefficient (Wildman–Crippen LogP) is 3.68. The first-order valence-electron chi connectivity index (χ1n) is 8.50. The lowest BCUT2D eigenvalue weighted by molar-refractivity contribution is -0.111. The number of imidazole rings is 1. The maximum absolute atomic E-state index is 5.36. The monoisotopic (exact) mass is 361 g/mol. The Kier molecular flexibility index (Phi) is 4.62. The van der Waals surface area contributed by atoms with Crippen molar-refractivity contribution in [2.45, 2.75) is 13.2 Å². The summed E-state index contributed by atoms with van der Waals surface area (Å²) in [6.07, 6.45) is 2.77. The van der Waals surface area contributed by atoms with Gasteiger partial charge in [0.2, 0.25) is 6.29 Å². The fourth-order valence-electron chi connectivity index (χ4n) is 3.01. The molecule has 0 bridgehead atoms. The Morgan fingerprint density at radius 1 is 0.926 bits per heavy atom. The summed E-state index contributed by atoms with van der Waals surface area (Å²) in [7, 11) is 3.15. The Morgan fingerprint density at radius 2 is 1.70 bits per heavy atom. The summed E-state index contributed by atoms with van der Waals surface area (Å²) < 4.78 is 10.7. The summed E-state index contributed by atoms with van der Waals surface area (Å²) in [5.74, 6) is 0.576. The second kappa shape index (κ2) is 7.22. The summed E-state index contributed by atoms with van der Waals surface area (Å²) in [6.45, 7) is 1.95. The van der Waals surface area contributed by atoms with E-state index in [1.165, 1.54) is 0 Å². The van der Waals surface area contributed by atoms with Crippen LogP contribution in [0.15, 0.2) is 48.8 Å². The number of methoxy groups -OCH3 is 2. The second-order valence-corrected chi connectivity index (χ2v) is 6.07. The van der Waals surface area contributed by atoms with Crippen molar-refractivity contribution in [3.05, 3.63) is 60.3 Å². The van der Waals surface area contributed by atoms with Gasteiger partial charge in [-0.3, -0.25) is 15.0 Å². The van der Waals surface area contributed by atoms with Crippen LogP contribution in [0.5, 0.6) is 0 Å². The van der Waals surface area contributed by atoms with E-state index in [4.69, 9.17) is 14.5 Å². The largest absolute Gasteiger partial charge is 0.349 e. The van der Waals surface area contributed by atoms with Crippen molar-refractivity contribution < 1.29 is 9.47 Å². The number of rotatable bonds is 5. The van der Waals surface area contributed by atoms with E-state index in [0.717, 1.165) is 39.4 Å². The number of pyridine rings is 1. The molecule has 27 heavy (non-hydrogen) atoms. The van der Waals surface area contributed by atoms with Crippen LogP contribution >= 0.6 is 0 Å². The first-order chi connectivity index (χ1) is 13.2. The van der Waals surface area contributed by atoms with Gasteiger partial charge in [0.1, 0.15) is 5.69 Å². The molecule has 0 aliphatic rings. The third-order valence-corrected chi connectivity index (χ3v) is 4.26. The Hall–Kier alpha value is -3.16. The highest BCUT2D eigenvalue weighted by molar-refractivity contribution is 5.84. The van der Waals surface area contributed by atoms with Gasteiger partial charge in [0.05, 0.1) is 22.4 Å². The molecule has 0 aliphatic carbocycles. The van der Waals surface area contributed by atoms with Crippen LogP contribution in [0.4, 0.5) is 0 Å². The van der Waals surface area contributed by atoms with Crippen LogP contribution in [-0.4, -0.2) is 39.1 Å². The van der Waals surface area contributed by atoms with Gasteiger partial charge in [-0.15, -0.1) is 0 Å². The van der Waals surface area contributed by atoms with E-state index in [-0.39, 0.29) is 0 Å². The van der Waals surface area contributed by atoms with Crippen LogP contribution in [0.3, 0.4) is 0 Å². The Bertz CT molecular complexity index is 1090. The van der Waals surface area contributed by atoms with Crippen molar-refractivity contribution in [2.75, 3.05) is 14.2 Å². The molecule has 0 saturated heterocycles. The molecule has 0 saturated carbocycles. The quantitative estimate of drug-likeness (QED) is 0.546. The molecule has 1 aromatic carbocycles. The van der Waals surface area contributed by atoms with Gasteiger partial charge in [-0.05, 0) is 31.2 Å². The van der Waals surface area contributed by atoms with Gasteiger partial charge in [-0.2, -0.15) is 0 Å². The molecular weight excluding hydrogens is 342 g/mol. The number of H-pyrrole nitrogens is 1. The summed E-state index contributed by atoms with van der Waals surface area (Å²) in [4.78, 5) is 21.4. The van der Waals surface area contributed by atoms with Crippen LogP contribution in [0, 0.1) is 6.92 Å². The van der Waals surface area contributed by atoms with Gasteiger partial charge in [-0.25, -0.2) is 4.98 Å². The predicted molar refractivity (Wildman–Crippen MR) is 102 cm³/mol. The number of hydrogen-bond donors (Lipinski definition) is 1. The molecule has 0 spiro atoms. The minimum Gasteiger partial charge on any atom is -0.349 e. The maximum atomic E-state index is 5.36. The molecule has 4 rings (SSSR count). The van der Waals surface area contributed by atoms with E-state index in [1.54, 1.807) is 26.6 Å². The van der Waals surface area contributed by atoms with E-state index in [9.17, 15) is 0 Å². The normalized spacial score (nSPS) is 11.4. The minimum absolute atomic E-state index is 0.576. The maximum Gasteiger partial charge on any atom is 0.216 e.